The van der Waals surface area contributed by atoms with Gasteiger partial charge in [0.2, 0.25) is 8.53 Å². The molecule has 0 spiro atoms. The highest BCUT2D eigenvalue weighted by Gasteiger charge is 1.72. The van der Waals surface area contributed by atoms with Gasteiger partial charge in [-0.3, -0.25) is 5.50 Å². The smallest absolute Gasteiger partial charge is 0.247 e. The highest BCUT2D eigenvalue weighted by Crippen LogP contribution is 2.05. The Morgan fingerprint density at radius 2 is 0.875 bits per heavy atom. The van der Waals surface area contributed by atoms with Crippen molar-refractivity contribution in [2.75, 3.05) is 0 Å². The lowest BCUT2D eigenvalue weighted by molar-refractivity contribution is 0.311. The summed E-state index contributed by atoms with van der Waals surface area (Å²) in [6.07, 6.45) is 0. The minimum atomic E-state index is -2.12. The van der Waals surface area contributed by atoms with Gasteiger partial charge in [0.15, 0.2) is 0 Å². The molecule has 8 heteroatoms. The Morgan fingerprint density at radius 3 is 0.875 bits per heavy atom. The summed E-state index contributed by atoms with van der Waals surface area (Å²) in [5.41, 5.74) is 4.29. The number of hydrogen-bond acceptors (Lipinski definition) is 7. The first-order valence-corrected chi connectivity index (χ1v) is 2.49. The Balaban J connectivity index is -0.0000000542. The van der Waals surface area contributed by atoms with E-state index in [2.05, 4.69) is 17.3 Å². The lowest BCUT2D eigenvalue weighted by atomic mass is 13.6. The predicted octanol–water partition coefficient (Wildman–Crippen LogP) is -2.17. The molecule has 0 aromatic carbocycles. The highest BCUT2D eigenvalue weighted by molar-refractivity contribution is 7.42. The van der Waals surface area contributed by atoms with Gasteiger partial charge in [0.25, 0.3) is 0 Å². The molecule has 0 bridgehead atoms. The van der Waals surface area contributed by atoms with Gasteiger partial charge in [0.1, 0.15) is 0 Å². The topological polar surface area (TPSA) is 159 Å². The first-order valence-electron chi connectivity index (χ1n) is 1.17. The van der Waals surface area contributed by atoms with Crippen molar-refractivity contribution < 1.29 is 20.2 Å². The van der Waals surface area contributed by atoms with Crippen LogP contribution in [0.3, 0.4) is 0 Å². The van der Waals surface area contributed by atoms with Crippen LogP contribution in [0.5, 0.6) is 0 Å². The molecule has 7 nitrogen and oxygen atoms in total. The van der Waals surface area contributed by atoms with Gasteiger partial charge in [0, 0.05) is 0 Å². The molecule has 0 aliphatic carbocycles. The average molecular weight is 147 g/mol. The molecular formula is H10N3O4P. The molecule has 10 N–H and O–H groups in total. The van der Waals surface area contributed by atoms with E-state index < -0.39 is 8.53 Å². The van der Waals surface area contributed by atoms with Crippen LogP contribution < -0.4 is 17.3 Å². The zero-order valence-electron chi connectivity index (χ0n) is 3.97. The van der Waals surface area contributed by atoms with Crippen LogP contribution in [-0.4, -0.2) is 20.2 Å². The SMILES string of the molecule is NO.NO.NP(O)O. The molecule has 54 valence electrons. The summed E-state index contributed by atoms with van der Waals surface area (Å²) in [7, 11) is -2.12. The van der Waals surface area contributed by atoms with Gasteiger partial charge in [0.05, 0.1) is 0 Å². The summed E-state index contributed by atoms with van der Waals surface area (Å²) < 4.78 is 0. The summed E-state index contributed by atoms with van der Waals surface area (Å²) in [5, 5.41) is 13.0. The fourth-order valence-corrected chi connectivity index (χ4v) is 0. The molecule has 0 rings (SSSR count). The Bertz CT molecular complexity index is 16.0. The third-order valence-corrected chi connectivity index (χ3v) is 0. The van der Waals surface area contributed by atoms with Crippen molar-refractivity contribution in [3.63, 3.8) is 0 Å². The number of hydrogen-bond donors (Lipinski definition) is 7. The van der Waals surface area contributed by atoms with Crippen LogP contribution in [0.2, 0.25) is 0 Å². The number of rotatable bonds is 0. The van der Waals surface area contributed by atoms with Crippen molar-refractivity contribution in [1.82, 2.24) is 0 Å². The minimum Gasteiger partial charge on any atom is -0.338 e. The van der Waals surface area contributed by atoms with E-state index in [4.69, 9.17) is 20.2 Å². The summed E-state index contributed by atoms with van der Waals surface area (Å²) in [4.78, 5) is 14.9. The monoisotopic (exact) mass is 147 g/mol. The zero-order chi connectivity index (χ0) is 7.58. The van der Waals surface area contributed by atoms with Gasteiger partial charge < -0.3 is 20.2 Å². The maximum Gasteiger partial charge on any atom is 0.247 e. The zero-order valence-corrected chi connectivity index (χ0v) is 4.86. The first-order chi connectivity index (χ1) is 3.73. The second-order valence-electron chi connectivity index (χ2n) is 0.320. The van der Waals surface area contributed by atoms with E-state index in [1.54, 1.807) is 0 Å². The second-order valence-corrected chi connectivity index (χ2v) is 0.961. The fraction of sp³-hybridized carbons (Fsp3) is 0. The molecule has 0 fully saturated rings. The van der Waals surface area contributed by atoms with Crippen LogP contribution >= 0.6 is 8.53 Å². The normalized spacial score (nSPS) is 6.00. The maximum atomic E-state index is 7.45. The molecule has 0 amide bonds. The standard InChI is InChI=1S/H4NO2P.2H3NO/c1-4(2)3;2*1-2/h2-3H,1H2;2*2H,1H2. The van der Waals surface area contributed by atoms with Crippen molar-refractivity contribution in [2.24, 2.45) is 17.3 Å². The third-order valence-electron chi connectivity index (χ3n) is 0. The lowest BCUT2D eigenvalue weighted by Crippen LogP contribution is -1.78. The molecule has 0 saturated heterocycles. The minimum absolute atomic E-state index is 2.12. The van der Waals surface area contributed by atoms with Crippen LogP contribution in [0.1, 0.15) is 0 Å². The summed E-state index contributed by atoms with van der Waals surface area (Å²) in [6.45, 7) is 0. The van der Waals surface area contributed by atoms with Crippen LogP contribution in [0, 0.1) is 0 Å². The molecule has 0 aromatic heterocycles. The lowest BCUT2D eigenvalue weighted by Gasteiger charge is -1.79. The van der Waals surface area contributed by atoms with Crippen LogP contribution in [0.25, 0.3) is 0 Å². The van der Waals surface area contributed by atoms with Gasteiger partial charge in [-0.05, 0) is 0 Å². The molecule has 8 heavy (non-hydrogen) atoms. The molecule has 0 aliphatic heterocycles. The fourth-order valence-electron chi connectivity index (χ4n) is 0. The molecule has 0 saturated carbocycles. The Morgan fingerprint density at radius 1 is 0.875 bits per heavy atom. The number of nitrogens with two attached hydrogens (primary N) is 3. The molecule has 0 aliphatic rings. The summed E-state index contributed by atoms with van der Waals surface area (Å²) in [6, 6.07) is 0. The van der Waals surface area contributed by atoms with Crippen molar-refractivity contribution in [1.29, 1.82) is 0 Å². The van der Waals surface area contributed by atoms with Crippen LogP contribution in [0.15, 0.2) is 0 Å². The van der Waals surface area contributed by atoms with E-state index >= 15 is 0 Å². The molecule has 0 radical (unpaired) electrons. The molecular weight excluding hydrogens is 137 g/mol. The van der Waals surface area contributed by atoms with Gasteiger partial charge in [-0.15, -0.1) is 0 Å². The van der Waals surface area contributed by atoms with Gasteiger partial charge in [-0.2, -0.15) is 0 Å². The van der Waals surface area contributed by atoms with Crippen molar-refractivity contribution in [3.05, 3.63) is 0 Å². The summed E-state index contributed by atoms with van der Waals surface area (Å²) in [5.74, 6) is 7.00. The quantitative estimate of drug-likeness (QED) is 0.151. The van der Waals surface area contributed by atoms with Gasteiger partial charge in [-0.25, -0.2) is 11.8 Å². The van der Waals surface area contributed by atoms with Crippen molar-refractivity contribution >= 4 is 8.53 Å². The van der Waals surface area contributed by atoms with E-state index in [1.165, 1.54) is 0 Å². The second kappa shape index (κ2) is 27.3. The van der Waals surface area contributed by atoms with Crippen molar-refractivity contribution in [3.8, 4) is 0 Å². The summed E-state index contributed by atoms with van der Waals surface area (Å²) >= 11 is 0. The van der Waals surface area contributed by atoms with E-state index in [0.29, 0.717) is 0 Å². The van der Waals surface area contributed by atoms with Crippen LogP contribution in [-0.2, 0) is 0 Å². The Kier molecular flexibility index (Phi) is 53.5. The van der Waals surface area contributed by atoms with E-state index in [9.17, 15) is 0 Å². The van der Waals surface area contributed by atoms with E-state index in [-0.39, 0.29) is 0 Å². The van der Waals surface area contributed by atoms with Gasteiger partial charge in [-0.1, -0.05) is 0 Å². The van der Waals surface area contributed by atoms with E-state index in [1.807, 2.05) is 0 Å². The van der Waals surface area contributed by atoms with Crippen molar-refractivity contribution in [2.45, 2.75) is 0 Å². The third kappa shape index (κ3) is 7250. The molecule has 0 aromatic rings. The largest absolute Gasteiger partial charge is 0.338 e. The molecule has 0 unspecified atom stereocenters. The average Bonchev–Trinajstić information content (AvgIpc) is 1.75. The highest BCUT2D eigenvalue weighted by atomic mass is 31.2. The molecule has 0 heterocycles. The van der Waals surface area contributed by atoms with E-state index in [0.717, 1.165) is 0 Å². The first kappa shape index (κ1) is 15.7. The predicted molar refractivity (Wildman–Crippen MR) is 27.5 cm³/mol. The maximum absolute atomic E-state index is 7.45. The Labute approximate surface area is 47.2 Å². The van der Waals surface area contributed by atoms with Gasteiger partial charge >= 0.3 is 0 Å². The molecule has 0 atom stereocenters. The Hall–Kier alpha value is 0.150. The van der Waals surface area contributed by atoms with Crippen LogP contribution in [0.4, 0.5) is 0 Å².